The fourth-order valence-electron chi connectivity index (χ4n) is 5.42. The van der Waals surface area contributed by atoms with Gasteiger partial charge in [-0.2, -0.15) is 10.1 Å². The number of aliphatic hydroxyl groups excluding tert-OH is 1. The molecule has 0 amide bonds. The van der Waals surface area contributed by atoms with Crippen LogP contribution in [0.5, 0.6) is 11.6 Å². The van der Waals surface area contributed by atoms with Crippen LogP contribution in [0.15, 0.2) is 36.7 Å². The Kier molecular flexibility index (Phi) is 9.78. The maximum absolute atomic E-state index is 16.5. The molecule has 1 aliphatic carbocycles. The van der Waals surface area contributed by atoms with Crippen molar-refractivity contribution in [1.82, 2.24) is 24.6 Å². The Bertz CT molecular complexity index is 1540. The highest BCUT2D eigenvalue weighted by Gasteiger charge is 2.64. The number of hydrogen-bond acceptors (Lipinski definition) is 12. The number of para-hydroxylation sites is 1. The number of benzene rings is 1. The number of nitrogens with one attached hydrogen (secondary N) is 1. The molecule has 3 N–H and O–H groups in total. The minimum Gasteiger partial charge on any atom is -0.476 e. The van der Waals surface area contributed by atoms with Gasteiger partial charge in [0.2, 0.25) is 5.88 Å². The predicted octanol–water partition coefficient (Wildman–Crippen LogP) is 3.90. The summed E-state index contributed by atoms with van der Waals surface area (Å²) < 4.78 is 59.5. The van der Waals surface area contributed by atoms with E-state index in [0.717, 1.165) is 32.1 Å². The molecule has 246 valence electrons. The number of carbonyl (C=O) groups excluding carboxylic acids is 1. The third kappa shape index (κ3) is 7.13. The number of esters is 1. The van der Waals surface area contributed by atoms with Crippen molar-refractivity contribution in [1.29, 1.82) is 0 Å². The number of nitrogens with zero attached hydrogens (tertiary/aromatic N) is 4. The quantitative estimate of drug-likeness (QED) is 0.190. The molecule has 0 radical (unpaired) electrons. The predicted molar refractivity (Wildman–Crippen MR) is 158 cm³/mol. The Morgan fingerprint density at radius 3 is 2.64 bits per heavy atom. The number of aliphatic hydroxyl groups is 2. The summed E-state index contributed by atoms with van der Waals surface area (Å²) in [7, 11) is -4.53. The van der Waals surface area contributed by atoms with E-state index in [0.29, 0.717) is 12.4 Å². The highest BCUT2D eigenvalue weighted by atomic mass is 31.2. The van der Waals surface area contributed by atoms with Gasteiger partial charge in [0.15, 0.2) is 17.4 Å². The van der Waals surface area contributed by atoms with Crippen molar-refractivity contribution in [3.05, 3.63) is 42.5 Å². The molecule has 3 heterocycles. The van der Waals surface area contributed by atoms with Crippen molar-refractivity contribution < 1.29 is 47.2 Å². The Balaban J connectivity index is 1.37. The highest BCUT2D eigenvalue weighted by Crippen LogP contribution is 2.51. The van der Waals surface area contributed by atoms with Crippen LogP contribution < -0.4 is 14.3 Å². The molecule has 2 aliphatic rings. The molecule has 1 aromatic carbocycles. The molecule has 5 rings (SSSR count). The smallest absolute Gasteiger partial charge is 0.459 e. The molecule has 2 unspecified atom stereocenters. The molecule has 2 aromatic heterocycles. The lowest BCUT2D eigenvalue weighted by Crippen LogP contribution is -2.49. The summed E-state index contributed by atoms with van der Waals surface area (Å²) in [6.07, 6.45) is 1.68. The molecule has 1 saturated heterocycles. The molecule has 45 heavy (non-hydrogen) atoms. The zero-order valence-electron chi connectivity index (χ0n) is 25.6. The fourth-order valence-corrected chi connectivity index (χ4v) is 6.92. The van der Waals surface area contributed by atoms with E-state index in [1.807, 2.05) is 0 Å². The van der Waals surface area contributed by atoms with Gasteiger partial charge in [0.05, 0.1) is 12.9 Å². The summed E-state index contributed by atoms with van der Waals surface area (Å²) in [5.74, 6) is -3.15. The van der Waals surface area contributed by atoms with Crippen LogP contribution in [0, 0.1) is 6.92 Å². The van der Waals surface area contributed by atoms with Crippen molar-refractivity contribution in [2.45, 2.75) is 95.7 Å². The number of fused-ring (bicyclic) bond motifs is 1. The average molecular weight is 652 g/mol. The van der Waals surface area contributed by atoms with Crippen LogP contribution in [0.2, 0.25) is 0 Å². The lowest BCUT2D eigenvalue weighted by Gasteiger charge is -2.29. The summed E-state index contributed by atoms with van der Waals surface area (Å²) in [4.78, 5) is 25.7. The first-order valence-corrected chi connectivity index (χ1v) is 16.5. The number of rotatable bonds is 12. The normalized spacial score (nSPS) is 27.6. The number of alkyl halides is 1. The van der Waals surface area contributed by atoms with Crippen LogP contribution in [0.4, 0.5) is 4.39 Å². The number of carbonyl (C=O) groups is 1. The van der Waals surface area contributed by atoms with E-state index in [1.165, 1.54) is 36.9 Å². The molecule has 3 aromatic rings. The summed E-state index contributed by atoms with van der Waals surface area (Å²) >= 11 is 0. The minimum absolute atomic E-state index is 0.108. The van der Waals surface area contributed by atoms with E-state index in [4.69, 9.17) is 23.3 Å². The van der Waals surface area contributed by atoms with Crippen molar-refractivity contribution in [2.24, 2.45) is 0 Å². The van der Waals surface area contributed by atoms with E-state index < -0.39 is 50.2 Å². The van der Waals surface area contributed by atoms with E-state index in [1.54, 1.807) is 32.0 Å². The monoisotopic (exact) mass is 651 g/mol. The second-order valence-corrected chi connectivity index (χ2v) is 13.1. The molecule has 0 bridgehead atoms. The Labute approximate surface area is 259 Å². The van der Waals surface area contributed by atoms with Crippen molar-refractivity contribution in [2.75, 3.05) is 13.2 Å². The molecule has 14 nitrogen and oxygen atoms in total. The van der Waals surface area contributed by atoms with Crippen LogP contribution in [0.25, 0.3) is 11.2 Å². The largest absolute Gasteiger partial charge is 0.476 e. The third-order valence-corrected chi connectivity index (χ3v) is 9.37. The van der Waals surface area contributed by atoms with Gasteiger partial charge in [-0.05, 0) is 65.5 Å². The lowest BCUT2D eigenvalue weighted by atomic mass is 9.95. The number of aryl methyl sites for hydroxylation is 1. The zero-order valence-corrected chi connectivity index (χ0v) is 26.5. The van der Waals surface area contributed by atoms with Gasteiger partial charge in [-0.15, -0.1) is 0 Å². The number of halogens is 1. The summed E-state index contributed by atoms with van der Waals surface area (Å²) in [6, 6.07) is 6.80. The summed E-state index contributed by atoms with van der Waals surface area (Å²) in [6.45, 7) is 5.14. The van der Waals surface area contributed by atoms with E-state index in [9.17, 15) is 19.6 Å². The SMILES string of the molecule is CCOc1nc(C)nc2c1ncn2[C@@H]1O[C@](F)(COP(=O)(NC(C)C(=O)OC2CCCCC2)Oc2ccccc2)[C@@H](O)[C@@]1(C)O. The van der Waals surface area contributed by atoms with Crippen LogP contribution in [-0.2, 0) is 23.4 Å². The topological polar surface area (TPSA) is 176 Å². The van der Waals surface area contributed by atoms with E-state index >= 15 is 4.39 Å². The van der Waals surface area contributed by atoms with Gasteiger partial charge in [-0.25, -0.2) is 18.9 Å². The van der Waals surface area contributed by atoms with Crippen LogP contribution in [0.3, 0.4) is 0 Å². The maximum Gasteiger partial charge on any atom is 0.459 e. The molecule has 6 atom stereocenters. The van der Waals surface area contributed by atoms with Crippen molar-refractivity contribution in [3.63, 3.8) is 0 Å². The number of hydrogen-bond donors (Lipinski definition) is 3. The molecule has 1 aliphatic heterocycles. The molecule has 16 heteroatoms. The lowest BCUT2D eigenvalue weighted by molar-refractivity contribution is -0.202. The fraction of sp³-hybridized carbons (Fsp3) is 0.586. The average Bonchev–Trinajstić information content (AvgIpc) is 3.50. The van der Waals surface area contributed by atoms with E-state index in [-0.39, 0.29) is 28.9 Å². The number of imidazole rings is 1. The van der Waals surface area contributed by atoms with Gasteiger partial charge in [0.25, 0.3) is 5.85 Å². The van der Waals surface area contributed by atoms with Gasteiger partial charge < -0.3 is 28.9 Å². The highest BCUT2D eigenvalue weighted by molar-refractivity contribution is 7.52. The van der Waals surface area contributed by atoms with Gasteiger partial charge in [0, 0.05) is 0 Å². The van der Waals surface area contributed by atoms with Crippen LogP contribution >= 0.6 is 7.75 Å². The summed E-state index contributed by atoms with van der Waals surface area (Å²) in [5.41, 5.74) is -1.84. The van der Waals surface area contributed by atoms with Gasteiger partial charge >= 0.3 is 13.7 Å². The minimum atomic E-state index is -4.53. The number of ether oxygens (including phenoxy) is 3. The summed E-state index contributed by atoms with van der Waals surface area (Å²) in [5, 5.41) is 24.8. The van der Waals surface area contributed by atoms with E-state index in [2.05, 4.69) is 20.0 Å². The zero-order chi connectivity index (χ0) is 32.4. The Morgan fingerprint density at radius 2 is 1.96 bits per heavy atom. The third-order valence-electron chi connectivity index (χ3n) is 7.74. The van der Waals surface area contributed by atoms with Crippen molar-refractivity contribution >= 4 is 24.9 Å². The Morgan fingerprint density at radius 1 is 1.24 bits per heavy atom. The van der Waals surface area contributed by atoms with Crippen molar-refractivity contribution in [3.8, 4) is 11.6 Å². The molecular weight excluding hydrogens is 612 g/mol. The standard InChI is InChI=1S/C29H39FN5O9P/c1-5-40-24-22-23(32-19(3)33-24)35(17-31-22)27-28(4,38)26(37)29(30,43-27)16-41-45(39,44-21-14-10-7-11-15-21)34-18(2)25(36)42-20-12-8-6-9-13-20/h7,10-11,14-15,17-18,20,26-27,37-38H,5-6,8-9,12-13,16H2,1-4H3,(H,34,39)/t18?,26-,27+,28+,29+,45?/m0/s1. The van der Waals surface area contributed by atoms with Gasteiger partial charge in [0.1, 0.15) is 42.0 Å². The second-order valence-electron chi connectivity index (χ2n) is 11.4. The van der Waals surface area contributed by atoms with Crippen LogP contribution in [-0.4, -0.2) is 78.6 Å². The van der Waals surface area contributed by atoms with Gasteiger partial charge in [-0.1, -0.05) is 24.6 Å². The number of aromatic nitrogens is 4. The first-order chi connectivity index (χ1) is 21.3. The molecule has 0 spiro atoms. The molecule has 1 saturated carbocycles. The molecule has 2 fully saturated rings. The first kappa shape index (κ1) is 33.2. The van der Waals surface area contributed by atoms with Gasteiger partial charge in [-0.3, -0.25) is 13.9 Å². The molecular formula is C29H39FN5O9P. The maximum atomic E-state index is 16.5. The van der Waals surface area contributed by atoms with Crippen LogP contribution in [0.1, 0.15) is 64.9 Å². The first-order valence-electron chi connectivity index (χ1n) is 14.9. The Hall–Kier alpha value is -3.20. The second kappa shape index (κ2) is 13.3.